The highest BCUT2D eigenvalue weighted by Gasteiger charge is 2.26. The minimum absolute atomic E-state index is 0.0657. The number of H-pyrrole nitrogens is 1. The van der Waals surface area contributed by atoms with E-state index in [1.54, 1.807) is 11.0 Å². The van der Waals surface area contributed by atoms with Gasteiger partial charge in [-0.3, -0.25) is 9.59 Å². The molecule has 1 amide bonds. The quantitative estimate of drug-likeness (QED) is 0.908. The minimum Gasteiger partial charge on any atom is -0.375 e. The third-order valence-corrected chi connectivity index (χ3v) is 4.72. The van der Waals surface area contributed by atoms with E-state index in [1.807, 2.05) is 24.3 Å². The maximum absolute atomic E-state index is 12.8. The van der Waals surface area contributed by atoms with Gasteiger partial charge in [-0.1, -0.05) is 44.9 Å². The molecule has 1 aromatic carbocycles. The van der Waals surface area contributed by atoms with Gasteiger partial charge in [0.2, 0.25) is 0 Å². The second kappa shape index (κ2) is 7.83. The maximum atomic E-state index is 12.8. The Labute approximate surface area is 148 Å². The van der Waals surface area contributed by atoms with Crippen molar-refractivity contribution in [2.75, 3.05) is 19.7 Å². The molecule has 0 aliphatic carbocycles. The number of amides is 1. The Morgan fingerprint density at radius 2 is 2.16 bits per heavy atom. The van der Waals surface area contributed by atoms with Crippen LogP contribution < -0.4 is 5.56 Å². The summed E-state index contributed by atoms with van der Waals surface area (Å²) in [6, 6.07) is 9.19. The van der Waals surface area contributed by atoms with Crippen LogP contribution in [0.1, 0.15) is 43.5 Å². The summed E-state index contributed by atoms with van der Waals surface area (Å²) >= 11 is 0. The molecule has 1 fully saturated rings. The second-order valence-electron chi connectivity index (χ2n) is 7.17. The van der Waals surface area contributed by atoms with Crippen molar-refractivity contribution in [3.8, 4) is 0 Å². The highest BCUT2D eigenvalue weighted by Crippen LogP contribution is 2.17. The number of carbonyl (C=O) groups excluding carboxylic acids is 1. The van der Waals surface area contributed by atoms with E-state index in [0.29, 0.717) is 25.6 Å². The van der Waals surface area contributed by atoms with Crippen LogP contribution in [0, 0.1) is 5.92 Å². The summed E-state index contributed by atoms with van der Waals surface area (Å²) in [6.45, 7) is 6.05. The van der Waals surface area contributed by atoms with Gasteiger partial charge < -0.3 is 14.6 Å². The molecule has 1 aliphatic heterocycles. The first-order valence-electron chi connectivity index (χ1n) is 9.07. The van der Waals surface area contributed by atoms with Crippen molar-refractivity contribution in [3.63, 3.8) is 0 Å². The lowest BCUT2D eigenvalue weighted by Gasteiger charge is -2.33. The number of para-hydroxylation sites is 1. The molecule has 0 spiro atoms. The van der Waals surface area contributed by atoms with Gasteiger partial charge in [0, 0.05) is 18.6 Å². The van der Waals surface area contributed by atoms with Gasteiger partial charge in [-0.25, -0.2) is 0 Å². The highest BCUT2D eigenvalue weighted by atomic mass is 16.5. The largest absolute Gasteiger partial charge is 0.375 e. The van der Waals surface area contributed by atoms with Crippen molar-refractivity contribution >= 4 is 16.8 Å². The van der Waals surface area contributed by atoms with Crippen molar-refractivity contribution < 1.29 is 9.53 Å². The number of ether oxygens (including phenoxy) is 1. The summed E-state index contributed by atoms with van der Waals surface area (Å²) in [4.78, 5) is 29.7. The van der Waals surface area contributed by atoms with Crippen LogP contribution in [0.4, 0.5) is 0 Å². The molecule has 1 aliphatic rings. The number of rotatable bonds is 5. The van der Waals surface area contributed by atoms with Crippen molar-refractivity contribution in [1.82, 2.24) is 9.88 Å². The fraction of sp³-hybridized carbons (Fsp3) is 0.500. The van der Waals surface area contributed by atoms with E-state index in [9.17, 15) is 9.59 Å². The molecule has 2 aromatic rings. The van der Waals surface area contributed by atoms with Gasteiger partial charge in [0.05, 0.1) is 12.7 Å². The zero-order valence-corrected chi connectivity index (χ0v) is 15.0. The summed E-state index contributed by atoms with van der Waals surface area (Å²) in [5.74, 6) is 0.474. The molecule has 1 N–H and O–H groups in total. The Balaban J connectivity index is 1.72. The molecule has 0 radical (unpaired) electrons. The average molecular weight is 342 g/mol. The molecule has 134 valence electrons. The number of hydrogen-bond acceptors (Lipinski definition) is 3. The molecule has 2 heterocycles. The van der Waals surface area contributed by atoms with Gasteiger partial charge >= 0.3 is 0 Å². The Bertz CT molecular complexity index is 797. The number of aromatic amines is 1. The normalized spacial score (nSPS) is 18.0. The van der Waals surface area contributed by atoms with E-state index in [4.69, 9.17) is 4.74 Å². The van der Waals surface area contributed by atoms with Crippen LogP contribution in [-0.4, -0.2) is 41.6 Å². The molecule has 5 nitrogen and oxygen atoms in total. The van der Waals surface area contributed by atoms with E-state index in [2.05, 4.69) is 18.8 Å². The maximum Gasteiger partial charge on any atom is 0.261 e. The molecule has 1 saturated heterocycles. The SMILES string of the molecule is CC(C)CCCC1CN(C(=O)c2cc3ccccc3[nH]c2=O)CCO1. The first-order chi connectivity index (χ1) is 12.0. The van der Waals surface area contributed by atoms with E-state index in [-0.39, 0.29) is 23.1 Å². The number of nitrogens with one attached hydrogen (secondary N) is 1. The van der Waals surface area contributed by atoms with Crippen LogP contribution in [0.15, 0.2) is 35.1 Å². The Kier molecular flexibility index (Phi) is 5.53. The molecule has 3 rings (SSSR count). The van der Waals surface area contributed by atoms with Gasteiger partial charge in [-0.2, -0.15) is 0 Å². The summed E-state index contributed by atoms with van der Waals surface area (Å²) in [6.07, 6.45) is 3.28. The van der Waals surface area contributed by atoms with Crippen LogP contribution >= 0.6 is 0 Å². The fourth-order valence-electron chi connectivity index (χ4n) is 3.31. The van der Waals surface area contributed by atoms with E-state index in [0.717, 1.165) is 30.2 Å². The lowest BCUT2D eigenvalue weighted by molar-refractivity contribution is -0.0260. The molecule has 1 aromatic heterocycles. The van der Waals surface area contributed by atoms with Gasteiger partial charge in [0.25, 0.3) is 11.5 Å². The van der Waals surface area contributed by atoms with Crippen molar-refractivity contribution in [1.29, 1.82) is 0 Å². The van der Waals surface area contributed by atoms with Gasteiger partial charge in [0.1, 0.15) is 5.56 Å². The lowest BCUT2D eigenvalue weighted by atomic mass is 10.0. The van der Waals surface area contributed by atoms with Crippen LogP contribution in [0.25, 0.3) is 10.9 Å². The number of benzene rings is 1. The monoisotopic (exact) mass is 342 g/mol. The molecule has 0 saturated carbocycles. The van der Waals surface area contributed by atoms with Crippen LogP contribution in [-0.2, 0) is 4.74 Å². The third-order valence-electron chi connectivity index (χ3n) is 4.72. The first kappa shape index (κ1) is 17.7. The van der Waals surface area contributed by atoms with Crippen LogP contribution in [0.2, 0.25) is 0 Å². The van der Waals surface area contributed by atoms with Gasteiger partial charge in [0.15, 0.2) is 0 Å². The van der Waals surface area contributed by atoms with Crippen molar-refractivity contribution in [3.05, 3.63) is 46.2 Å². The zero-order chi connectivity index (χ0) is 17.8. The molecular formula is C20H26N2O3. The first-order valence-corrected chi connectivity index (χ1v) is 9.07. The van der Waals surface area contributed by atoms with E-state index in [1.165, 1.54) is 0 Å². The number of fused-ring (bicyclic) bond motifs is 1. The number of morpholine rings is 1. The molecule has 5 heteroatoms. The van der Waals surface area contributed by atoms with Crippen LogP contribution in [0.5, 0.6) is 0 Å². The predicted octanol–water partition coefficient (Wildman–Crippen LogP) is 3.20. The smallest absolute Gasteiger partial charge is 0.261 e. The summed E-state index contributed by atoms with van der Waals surface area (Å²) in [5.41, 5.74) is 0.630. The molecular weight excluding hydrogens is 316 g/mol. The molecule has 1 atom stereocenters. The van der Waals surface area contributed by atoms with Crippen molar-refractivity contribution in [2.24, 2.45) is 5.92 Å². The lowest BCUT2D eigenvalue weighted by Crippen LogP contribution is -2.46. The third kappa shape index (κ3) is 4.28. The van der Waals surface area contributed by atoms with Crippen molar-refractivity contribution in [2.45, 2.75) is 39.2 Å². The Morgan fingerprint density at radius 1 is 1.36 bits per heavy atom. The van der Waals surface area contributed by atoms with Crippen LogP contribution in [0.3, 0.4) is 0 Å². The highest BCUT2D eigenvalue weighted by molar-refractivity contribution is 5.97. The number of aromatic nitrogens is 1. The number of pyridine rings is 1. The Hall–Kier alpha value is -2.14. The zero-order valence-electron chi connectivity index (χ0n) is 15.0. The van der Waals surface area contributed by atoms with E-state index >= 15 is 0 Å². The topological polar surface area (TPSA) is 62.4 Å². The van der Waals surface area contributed by atoms with E-state index < -0.39 is 0 Å². The summed E-state index contributed by atoms with van der Waals surface area (Å²) in [5, 5.41) is 0.868. The minimum atomic E-state index is -0.327. The number of hydrogen-bond donors (Lipinski definition) is 1. The summed E-state index contributed by atoms with van der Waals surface area (Å²) < 4.78 is 5.80. The Morgan fingerprint density at radius 3 is 2.96 bits per heavy atom. The van der Waals surface area contributed by atoms with Gasteiger partial charge in [-0.05, 0) is 29.9 Å². The standard InChI is InChI=1S/C20H26N2O3/c1-14(2)6-5-8-16-13-22(10-11-25-16)20(24)17-12-15-7-3-4-9-18(15)21-19(17)23/h3-4,7,9,12,14,16H,5-6,8,10-11,13H2,1-2H3,(H,21,23). The molecule has 0 bridgehead atoms. The molecule has 25 heavy (non-hydrogen) atoms. The van der Waals surface area contributed by atoms with Gasteiger partial charge in [-0.15, -0.1) is 0 Å². The second-order valence-corrected chi connectivity index (χ2v) is 7.17. The molecule has 1 unspecified atom stereocenters. The fourth-order valence-corrected chi connectivity index (χ4v) is 3.31. The number of carbonyl (C=O) groups is 1. The number of nitrogens with zero attached hydrogens (tertiary/aromatic N) is 1. The average Bonchev–Trinajstić information content (AvgIpc) is 2.60. The summed E-state index contributed by atoms with van der Waals surface area (Å²) in [7, 11) is 0. The predicted molar refractivity (Wildman–Crippen MR) is 98.9 cm³/mol.